The fourth-order valence-electron chi connectivity index (χ4n) is 4.03. The zero-order valence-electron chi connectivity index (χ0n) is 14.1. The van der Waals surface area contributed by atoms with Gasteiger partial charge in [-0.3, -0.25) is 14.3 Å². The number of nitrogens with one attached hydrogen (secondary N) is 1. The predicted octanol–water partition coefficient (Wildman–Crippen LogP) is 0.713. The van der Waals surface area contributed by atoms with E-state index in [-0.39, 0.29) is 17.6 Å². The maximum absolute atomic E-state index is 12.5. The molecular weight excluding hydrogens is 294 g/mol. The molecule has 3 rings (SSSR count). The lowest BCUT2D eigenvalue weighted by atomic mass is 9.92. The van der Waals surface area contributed by atoms with E-state index in [1.807, 2.05) is 4.90 Å². The first-order valence-electron chi connectivity index (χ1n) is 8.64. The fraction of sp³-hybridized carbons (Fsp3) is 0.812. The lowest BCUT2D eigenvalue weighted by Crippen LogP contribution is -2.48. The maximum atomic E-state index is 12.5. The number of aromatic nitrogens is 3. The first-order valence-corrected chi connectivity index (χ1v) is 8.64. The smallest absolute Gasteiger partial charge is 0.341 e. The minimum absolute atomic E-state index is 0.143. The number of hydrogen-bond donors (Lipinski definition) is 1. The summed E-state index contributed by atoms with van der Waals surface area (Å²) in [6.07, 6.45) is 4.57. The third-order valence-electron chi connectivity index (χ3n) is 5.11. The van der Waals surface area contributed by atoms with E-state index in [0.29, 0.717) is 18.4 Å². The largest absolute Gasteiger partial charge is 0.343 e. The third-order valence-corrected chi connectivity index (χ3v) is 5.11. The molecule has 0 radical (unpaired) electrons. The van der Waals surface area contributed by atoms with Gasteiger partial charge in [-0.1, -0.05) is 13.8 Å². The van der Waals surface area contributed by atoms with Gasteiger partial charge < -0.3 is 4.90 Å². The average molecular weight is 321 g/mol. The van der Waals surface area contributed by atoms with Gasteiger partial charge in [-0.05, 0) is 31.1 Å². The Balaban J connectivity index is 1.49. The number of hydrogen-bond acceptors (Lipinski definition) is 4. The molecule has 7 heteroatoms. The third kappa shape index (κ3) is 3.83. The molecule has 0 bridgehead atoms. The second kappa shape index (κ2) is 6.86. The van der Waals surface area contributed by atoms with Crippen LogP contribution in [-0.2, 0) is 4.79 Å². The van der Waals surface area contributed by atoms with Crippen LogP contribution in [0.4, 0.5) is 0 Å². The van der Waals surface area contributed by atoms with E-state index < -0.39 is 0 Å². The first kappa shape index (κ1) is 16.2. The highest BCUT2D eigenvalue weighted by Crippen LogP contribution is 2.23. The Bertz CT molecular complexity index is 577. The highest BCUT2D eigenvalue weighted by atomic mass is 16.2. The summed E-state index contributed by atoms with van der Waals surface area (Å²) in [6, 6.07) is 0.197. The number of carbonyl (C=O) groups excluding carboxylic acids is 1. The summed E-state index contributed by atoms with van der Waals surface area (Å²) in [6.45, 7) is 8.45. The number of rotatable bonds is 3. The molecule has 1 amide bonds. The van der Waals surface area contributed by atoms with Crippen LogP contribution < -0.4 is 5.69 Å². The molecule has 1 aromatic heterocycles. The van der Waals surface area contributed by atoms with Crippen LogP contribution in [0.1, 0.15) is 39.2 Å². The summed E-state index contributed by atoms with van der Waals surface area (Å²) in [5, 5.41) is 6.23. The number of piperidine rings is 2. The van der Waals surface area contributed by atoms with Crippen LogP contribution in [0.15, 0.2) is 11.1 Å². The zero-order chi connectivity index (χ0) is 16.4. The Morgan fingerprint density at radius 2 is 1.91 bits per heavy atom. The number of amides is 1. The first-order chi connectivity index (χ1) is 11.0. The van der Waals surface area contributed by atoms with Crippen molar-refractivity contribution < 1.29 is 4.79 Å². The van der Waals surface area contributed by atoms with Crippen molar-refractivity contribution in [1.29, 1.82) is 0 Å². The molecule has 2 atom stereocenters. The summed E-state index contributed by atoms with van der Waals surface area (Å²) < 4.78 is 1.67. The zero-order valence-corrected chi connectivity index (χ0v) is 14.1. The van der Waals surface area contributed by atoms with Gasteiger partial charge in [-0.25, -0.2) is 9.89 Å². The number of likely N-dealkylation sites (tertiary alicyclic amines) is 2. The van der Waals surface area contributed by atoms with E-state index in [9.17, 15) is 9.59 Å². The summed E-state index contributed by atoms with van der Waals surface area (Å²) in [5.74, 6) is 1.45. The van der Waals surface area contributed by atoms with Crippen molar-refractivity contribution in [2.24, 2.45) is 11.8 Å². The van der Waals surface area contributed by atoms with Crippen LogP contribution in [0.25, 0.3) is 0 Å². The van der Waals surface area contributed by atoms with Gasteiger partial charge in [0.1, 0.15) is 6.33 Å². The van der Waals surface area contributed by atoms with Gasteiger partial charge in [0.05, 0.1) is 6.54 Å². The normalized spacial score (nSPS) is 27.3. The maximum Gasteiger partial charge on any atom is 0.343 e. The van der Waals surface area contributed by atoms with Crippen LogP contribution in [0.3, 0.4) is 0 Å². The standard InChI is InChI=1S/C16H27N5O2/c1-12-7-13(2)9-20(8-12)15(22)10-19-5-3-14(4-6-19)21-11-17-18-16(21)23/h11-14H,3-10H2,1-2H3,(H,18,23). The lowest BCUT2D eigenvalue weighted by molar-refractivity contribution is -0.135. The van der Waals surface area contributed by atoms with Crippen LogP contribution >= 0.6 is 0 Å². The quantitative estimate of drug-likeness (QED) is 0.890. The molecule has 0 aromatic carbocycles. The van der Waals surface area contributed by atoms with E-state index in [0.717, 1.165) is 39.0 Å². The Labute approximate surface area is 136 Å². The lowest BCUT2D eigenvalue weighted by Gasteiger charge is -2.37. The molecule has 23 heavy (non-hydrogen) atoms. The highest BCUT2D eigenvalue weighted by molar-refractivity contribution is 5.78. The van der Waals surface area contributed by atoms with Crippen molar-refractivity contribution >= 4 is 5.91 Å². The van der Waals surface area contributed by atoms with E-state index >= 15 is 0 Å². The Hall–Kier alpha value is -1.63. The SMILES string of the molecule is CC1CC(C)CN(C(=O)CN2CCC(n3cn[nH]c3=O)CC2)C1. The average Bonchev–Trinajstić information content (AvgIpc) is 2.93. The molecule has 1 aromatic rings. The molecule has 0 aliphatic carbocycles. The van der Waals surface area contributed by atoms with Crippen molar-refractivity contribution in [1.82, 2.24) is 24.6 Å². The minimum atomic E-state index is -0.143. The molecule has 7 nitrogen and oxygen atoms in total. The second-order valence-electron chi connectivity index (χ2n) is 7.32. The molecule has 0 spiro atoms. The van der Waals surface area contributed by atoms with Crippen LogP contribution in [0.5, 0.6) is 0 Å². The van der Waals surface area contributed by atoms with Crippen molar-refractivity contribution in [2.75, 3.05) is 32.7 Å². The van der Waals surface area contributed by atoms with Crippen LogP contribution in [0, 0.1) is 11.8 Å². The topological polar surface area (TPSA) is 74.2 Å². The number of H-pyrrole nitrogens is 1. The monoisotopic (exact) mass is 321 g/mol. The van der Waals surface area contributed by atoms with Gasteiger partial charge in [0.15, 0.2) is 0 Å². The van der Waals surface area contributed by atoms with Gasteiger partial charge in [0.2, 0.25) is 5.91 Å². The van der Waals surface area contributed by atoms with Crippen molar-refractivity contribution in [3.63, 3.8) is 0 Å². The minimum Gasteiger partial charge on any atom is -0.341 e. The van der Waals surface area contributed by atoms with Crippen LogP contribution in [-0.4, -0.2) is 63.2 Å². The molecule has 3 heterocycles. The molecule has 2 fully saturated rings. The predicted molar refractivity (Wildman–Crippen MR) is 87.1 cm³/mol. The van der Waals surface area contributed by atoms with Gasteiger partial charge in [-0.2, -0.15) is 5.10 Å². The van der Waals surface area contributed by atoms with Crippen molar-refractivity contribution in [3.05, 3.63) is 16.8 Å². The molecule has 2 saturated heterocycles. The van der Waals surface area contributed by atoms with Gasteiger partial charge in [0, 0.05) is 32.2 Å². The molecule has 2 unspecified atom stereocenters. The van der Waals surface area contributed by atoms with Crippen molar-refractivity contribution in [3.8, 4) is 0 Å². The number of aromatic amines is 1. The number of nitrogens with zero attached hydrogens (tertiary/aromatic N) is 4. The van der Waals surface area contributed by atoms with E-state index in [1.54, 1.807) is 10.9 Å². The molecule has 0 saturated carbocycles. The molecule has 128 valence electrons. The molecule has 2 aliphatic rings. The molecular formula is C16H27N5O2. The highest BCUT2D eigenvalue weighted by Gasteiger charge is 2.28. The van der Waals surface area contributed by atoms with Crippen molar-refractivity contribution in [2.45, 2.75) is 39.2 Å². The molecule has 1 N–H and O–H groups in total. The summed E-state index contributed by atoms with van der Waals surface area (Å²) in [4.78, 5) is 28.4. The van der Waals surface area contributed by atoms with E-state index in [2.05, 4.69) is 28.9 Å². The Morgan fingerprint density at radius 1 is 1.26 bits per heavy atom. The molecule has 2 aliphatic heterocycles. The number of carbonyl (C=O) groups is 1. The van der Waals surface area contributed by atoms with E-state index in [1.165, 1.54) is 6.42 Å². The fourth-order valence-corrected chi connectivity index (χ4v) is 4.03. The van der Waals surface area contributed by atoms with Gasteiger partial charge >= 0.3 is 5.69 Å². The Kier molecular flexibility index (Phi) is 4.84. The Morgan fingerprint density at radius 3 is 2.48 bits per heavy atom. The summed E-state index contributed by atoms with van der Waals surface area (Å²) in [7, 11) is 0. The summed E-state index contributed by atoms with van der Waals surface area (Å²) >= 11 is 0. The van der Waals surface area contributed by atoms with Gasteiger partial charge in [-0.15, -0.1) is 0 Å². The van der Waals surface area contributed by atoms with Gasteiger partial charge in [0.25, 0.3) is 0 Å². The summed E-state index contributed by atoms with van der Waals surface area (Å²) in [5.41, 5.74) is -0.143. The van der Waals surface area contributed by atoms with E-state index in [4.69, 9.17) is 0 Å². The second-order valence-corrected chi connectivity index (χ2v) is 7.32. The van der Waals surface area contributed by atoms with Crippen LogP contribution in [0.2, 0.25) is 0 Å².